The molecule has 5 nitrogen and oxygen atoms in total. The van der Waals surface area contributed by atoms with Gasteiger partial charge in [-0.2, -0.15) is 0 Å². The highest BCUT2D eigenvalue weighted by Crippen LogP contribution is 2.31. The first-order valence-corrected chi connectivity index (χ1v) is 9.22. The van der Waals surface area contributed by atoms with Gasteiger partial charge >= 0.3 is 0 Å². The van der Waals surface area contributed by atoms with E-state index in [1.165, 1.54) is 27.7 Å². The van der Waals surface area contributed by atoms with Crippen LogP contribution in [-0.4, -0.2) is 40.1 Å². The summed E-state index contributed by atoms with van der Waals surface area (Å²) in [5.74, 6) is -0.00786. The minimum Gasteiger partial charge on any atom is -0.356 e. The maximum atomic E-state index is 12.3. The van der Waals surface area contributed by atoms with Gasteiger partial charge in [0.15, 0.2) is 0 Å². The molecule has 5 heteroatoms. The fraction of sp³-hybridized carbons (Fsp3) is 0.381. The van der Waals surface area contributed by atoms with Crippen LogP contribution in [0.1, 0.15) is 27.2 Å². The lowest BCUT2D eigenvalue weighted by Gasteiger charge is -2.24. The molecule has 0 saturated heterocycles. The van der Waals surface area contributed by atoms with E-state index in [1.54, 1.807) is 0 Å². The van der Waals surface area contributed by atoms with E-state index < -0.39 is 0 Å². The number of hydrogen-bond donors (Lipinski definition) is 1. The van der Waals surface area contributed by atoms with Crippen LogP contribution >= 0.6 is 0 Å². The molecule has 3 heterocycles. The summed E-state index contributed by atoms with van der Waals surface area (Å²) in [5, 5.41) is 4.42. The normalized spacial score (nSPS) is 14.6. The summed E-state index contributed by atoms with van der Waals surface area (Å²) >= 11 is 0. The van der Waals surface area contributed by atoms with Crippen LogP contribution in [0.4, 0.5) is 0 Å². The Kier molecular flexibility index (Phi) is 4.32. The largest absolute Gasteiger partial charge is 0.356 e. The molecule has 0 bridgehead atoms. The first-order chi connectivity index (χ1) is 12.5. The van der Waals surface area contributed by atoms with Crippen molar-refractivity contribution in [1.29, 1.82) is 0 Å². The van der Waals surface area contributed by atoms with Gasteiger partial charge in [0.05, 0.1) is 5.56 Å². The van der Waals surface area contributed by atoms with Crippen molar-refractivity contribution in [3.05, 3.63) is 59.0 Å². The summed E-state index contributed by atoms with van der Waals surface area (Å²) in [6.45, 7) is 5.66. The lowest BCUT2D eigenvalue weighted by molar-refractivity contribution is 0.0952. The molecule has 0 aliphatic carbocycles. The van der Waals surface area contributed by atoms with Crippen molar-refractivity contribution in [2.75, 3.05) is 20.1 Å². The molecule has 4 rings (SSSR count). The van der Waals surface area contributed by atoms with E-state index >= 15 is 0 Å². The van der Waals surface area contributed by atoms with Crippen LogP contribution in [0.15, 0.2) is 36.7 Å². The molecule has 0 saturated carbocycles. The molecule has 26 heavy (non-hydrogen) atoms. The molecule has 1 amide bonds. The highest BCUT2D eigenvalue weighted by molar-refractivity contribution is 5.94. The molecule has 3 aromatic rings. The molecule has 0 atom stereocenters. The number of rotatable bonds is 4. The van der Waals surface area contributed by atoms with Gasteiger partial charge in [-0.15, -0.1) is 0 Å². The third-order valence-corrected chi connectivity index (χ3v) is 5.32. The van der Waals surface area contributed by atoms with Crippen LogP contribution in [0.25, 0.3) is 10.9 Å². The fourth-order valence-corrected chi connectivity index (χ4v) is 3.98. The number of aryl methyl sites for hydroxylation is 2. The van der Waals surface area contributed by atoms with Crippen molar-refractivity contribution in [3.63, 3.8) is 0 Å². The molecule has 0 radical (unpaired) electrons. The molecule has 2 aromatic heterocycles. The Hall–Kier alpha value is -2.53. The maximum absolute atomic E-state index is 12.3. The van der Waals surface area contributed by atoms with E-state index in [9.17, 15) is 4.79 Å². The number of fused-ring (bicyclic) bond motifs is 3. The van der Waals surface area contributed by atoms with Crippen molar-refractivity contribution in [3.8, 4) is 0 Å². The SMILES string of the molecule is Cc1ccc2c(c1)c1c(n2CCNC(=O)c2ccn(C)c2)CCN(C)C1. The van der Waals surface area contributed by atoms with Gasteiger partial charge in [-0.05, 0) is 37.7 Å². The number of benzene rings is 1. The van der Waals surface area contributed by atoms with Crippen LogP contribution in [0.3, 0.4) is 0 Å². The fourth-order valence-electron chi connectivity index (χ4n) is 3.98. The average Bonchev–Trinajstić information content (AvgIpc) is 3.17. The Morgan fingerprint density at radius 1 is 1.23 bits per heavy atom. The zero-order valence-electron chi connectivity index (χ0n) is 15.7. The van der Waals surface area contributed by atoms with Crippen molar-refractivity contribution in [2.24, 2.45) is 7.05 Å². The third-order valence-electron chi connectivity index (χ3n) is 5.32. The van der Waals surface area contributed by atoms with Crippen LogP contribution in [0.2, 0.25) is 0 Å². The van der Waals surface area contributed by atoms with Gasteiger partial charge in [0.1, 0.15) is 0 Å². The van der Waals surface area contributed by atoms with Crippen LogP contribution in [0.5, 0.6) is 0 Å². The summed E-state index contributed by atoms with van der Waals surface area (Å²) in [6.07, 6.45) is 4.80. The first-order valence-electron chi connectivity index (χ1n) is 9.22. The monoisotopic (exact) mass is 350 g/mol. The first kappa shape index (κ1) is 16.9. The van der Waals surface area contributed by atoms with Crippen LogP contribution in [0, 0.1) is 6.92 Å². The molecule has 0 unspecified atom stereocenters. The van der Waals surface area contributed by atoms with E-state index in [0.29, 0.717) is 12.1 Å². The number of nitrogens with zero attached hydrogens (tertiary/aromatic N) is 3. The molecule has 0 spiro atoms. The number of likely N-dealkylation sites (N-methyl/N-ethyl adjacent to an activating group) is 1. The van der Waals surface area contributed by atoms with E-state index in [1.807, 2.05) is 30.1 Å². The van der Waals surface area contributed by atoms with E-state index in [-0.39, 0.29) is 5.91 Å². The van der Waals surface area contributed by atoms with E-state index in [0.717, 1.165) is 26.1 Å². The summed E-state index contributed by atoms with van der Waals surface area (Å²) in [4.78, 5) is 14.7. The lowest BCUT2D eigenvalue weighted by atomic mass is 10.0. The molecule has 1 aliphatic rings. The second kappa shape index (κ2) is 6.65. The molecule has 1 aromatic carbocycles. The topological polar surface area (TPSA) is 42.2 Å². The van der Waals surface area contributed by atoms with E-state index in [4.69, 9.17) is 0 Å². The summed E-state index contributed by atoms with van der Waals surface area (Å²) in [6, 6.07) is 8.55. The highest BCUT2D eigenvalue weighted by Gasteiger charge is 2.22. The molecule has 1 N–H and O–H groups in total. The Labute approximate surface area is 154 Å². The van der Waals surface area contributed by atoms with Gasteiger partial charge < -0.3 is 19.4 Å². The number of nitrogens with one attached hydrogen (secondary N) is 1. The van der Waals surface area contributed by atoms with Gasteiger partial charge in [-0.3, -0.25) is 4.79 Å². The smallest absolute Gasteiger partial charge is 0.252 e. The average molecular weight is 350 g/mol. The second-order valence-corrected chi connectivity index (χ2v) is 7.41. The Balaban J connectivity index is 1.57. The predicted molar refractivity (Wildman–Crippen MR) is 104 cm³/mol. The number of amides is 1. The van der Waals surface area contributed by atoms with Crippen molar-refractivity contribution in [1.82, 2.24) is 19.4 Å². The number of carbonyl (C=O) groups excluding carboxylic acids is 1. The molecular weight excluding hydrogens is 324 g/mol. The molecule has 1 aliphatic heterocycles. The summed E-state index contributed by atoms with van der Waals surface area (Å²) in [7, 11) is 4.11. The van der Waals surface area contributed by atoms with Gasteiger partial charge in [0.25, 0.3) is 5.91 Å². The molecule has 136 valence electrons. The number of hydrogen-bond acceptors (Lipinski definition) is 2. The summed E-state index contributed by atoms with van der Waals surface area (Å²) in [5.41, 5.74) is 6.17. The van der Waals surface area contributed by atoms with E-state index in [2.05, 4.69) is 47.0 Å². The number of aromatic nitrogens is 2. The van der Waals surface area contributed by atoms with Gasteiger partial charge in [0, 0.05) is 68.6 Å². The van der Waals surface area contributed by atoms with Gasteiger partial charge in [-0.1, -0.05) is 11.6 Å². The summed E-state index contributed by atoms with van der Waals surface area (Å²) < 4.78 is 4.30. The van der Waals surface area contributed by atoms with Gasteiger partial charge in [-0.25, -0.2) is 0 Å². The minimum absolute atomic E-state index is 0.00786. The zero-order valence-corrected chi connectivity index (χ0v) is 15.7. The zero-order chi connectivity index (χ0) is 18.3. The second-order valence-electron chi connectivity index (χ2n) is 7.41. The Bertz CT molecular complexity index is 966. The maximum Gasteiger partial charge on any atom is 0.252 e. The van der Waals surface area contributed by atoms with Crippen molar-refractivity contribution < 1.29 is 4.79 Å². The third kappa shape index (κ3) is 3.03. The highest BCUT2D eigenvalue weighted by atomic mass is 16.1. The lowest BCUT2D eigenvalue weighted by Crippen LogP contribution is -2.30. The molecule has 0 fully saturated rings. The van der Waals surface area contributed by atoms with Gasteiger partial charge in [0.2, 0.25) is 0 Å². The Morgan fingerprint density at radius 2 is 2.08 bits per heavy atom. The molecular formula is C21H26N4O. The van der Waals surface area contributed by atoms with Crippen LogP contribution in [-0.2, 0) is 26.6 Å². The minimum atomic E-state index is -0.00786. The quantitative estimate of drug-likeness (QED) is 0.786. The van der Waals surface area contributed by atoms with Crippen LogP contribution < -0.4 is 5.32 Å². The van der Waals surface area contributed by atoms with Crippen molar-refractivity contribution in [2.45, 2.75) is 26.4 Å². The standard InChI is InChI=1S/C21H26N4O/c1-15-4-5-19-17(12-15)18-14-24(3)10-7-20(18)25(19)11-8-22-21(26)16-6-9-23(2)13-16/h4-6,9,12-13H,7-8,10-11,14H2,1-3H3,(H,22,26). The predicted octanol–water partition coefficient (Wildman–Crippen LogP) is 2.71. The Morgan fingerprint density at radius 3 is 2.85 bits per heavy atom. The number of carbonyl (C=O) groups is 1. The van der Waals surface area contributed by atoms with Crippen molar-refractivity contribution >= 4 is 16.8 Å².